The van der Waals surface area contributed by atoms with Gasteiger partial charge in [0.05, 0.1) is 17.8 Å². The van der Waals surface area contributed by atoms with Crippen molar-refractivity contribution in [2.75, 3.05) is 32.8 Å². The highest BCUT2D eigenvalue weighted by molar-refractivity contribution is 8.93. The van der Waals surface area contributed by atoms with Crippen LogP contribution >= 0.6 is 28.6 Å². The molecule has 0 atom stereocenters. The number of halogens is 2. The number of hydrogen-bond donors (Lipinski definition) is 0. The van der Waals surface area contributed by atoms with Crippen molar-refractivity contribution in [2.24, 2.45) is 0 Å². The fourth-order valence-corrected chi connectivity index (χ4v) is 6.31. The smallest absolute Gasteiger partial charge is 0.246 e. The molecule has 1 aliphatic heterocycles. The molecule has 7 nitrogen and oxygen atoms in total. The lowest BCUT2D eigenvalue weighted by atomic mass is 10.0. The summed E-state index contributed by atoms with van der Waals surface area (Å²) in [5, 5.41) is 0.437. The SMILES string of the molecule is Br.Cc1ccc(COc2ccc(Oc3cc(C)c(C=CC(=O)N4CCN(Cc5ccc(CCOc6ccc(C(C)C)cc6)cc5)CC4)cc3Cl)nc2)cc1. The fraction of sp³-hybridized carbons (Fsp3) is 0.289. The molecule has 0 spiro atoms. The molecule has 5 aromatic rings. The second kappa shape index (κ2) is 19.6. The quantitative estimate of drug-likeness (QED) is 0.104. The summed E-state index contributed by atoms with van der Waals surface area (Å²) in [6.45, 7) is 13.4. The molecule has 282 valence electrons. The molecule has 6 rings (SSSR count). The lowest BCUT2D eigenvalue weighted by Gasteiger charge is -2.34. The molecule has 0 saturated carbocycles. The molecule has 1 saturated heterocycles. The summed E-state index contributed by atoms with van der Waals surface area (Å²) in [5.41, 5.74) is 7.95. The van der Waals surface area contributed by atoms with E-state index in [0.717, 1.165) is 48.5 Å². The van der Waals surface area contributed by atoms with Crippen LogP contribution in [0.5, 0.6) is 23.1 Å². The zero-order chi connectivity index (χ0) is 37.2. The van der Waals surface area contributed by atoms with E-state index in [1.807, 2.05) is 36.1 Å². The first-order valence-corrected chi connectivity index (χ1v) is 18.7. The number of pyridine rings is 1. The van der Waals surface area contributed by atoms with Crippen LogP contribution in [0.15, 0.2) is 109 Å². The zero-order valence-electron chi connectivity index (χ0n) is 31.5. The summed E-state index contributed by atoms with van der Waals surface area (Å²) in [6.07, 6.45) is 5.96. The number of aryl methyl sites for hydroxylation is 2. The Morgan fingerprint density at radius 1 is 0.815 bits per heavy atom. The monoisotopic (exact) mass is 809 g/mol. The molecule has 1 amide bonds. The van der Waals surface area contributed by atoms with Gasteiger partial charge in [-0.25, -0.2) is 4.98 Å². The first-order valence-electron chi connectivity index (χ1n) is 18.3. The number of aromatic nitrogens is 1. The predicted octanol–water partition coefficient (Wildman–Crippen LogP) is 10.4. The Kier molecular flexibility index (Phi) is 14.7. The van der Waals surface area contributed by atoms with Gasteiger partial charge in [-0.2, -0.15) is 0 Å². The van der Waals surface area contributed by atoms with Crippen molar-refractivity contribution in [3.05, 3.63) is 153 Å². The first-order chi connectivity index (χ1) is 25.7. The van der Waals surface area contributed by atoms with Crippen LogP contribution in [-0.4, -0.2) is 53.5 Å². The summed E-state index contributed by atoms with van der Waals surface area (Å²) in [5.74, 6) is 2.99. The van der Waals surface area contributed by atoms with Crippen LogP contribution in [0.4, 0.5) is 0 Å². The Hall–Kier alpha value is -4.63. The third kappa shape index (κ3) is 11.7. The molecule has 0 unspecified atom stereocenters. The van der Waals surface area contributed by atoms with Crippen molar-refractivity contribution in [3.8, 4) is 23.1 Å². The van der Waals surface area contributed by atoms with E-state index in [1.54, 1.807) is 18.3 Å². The maximum atomic E-state index is 13.1. The Labute approximate surface area is 335 Å². The van der Waals surface area contributed by atoms with Gasteiger partial charge in [-0.1, -0.05) is 91.7 Å². The van der Waals surface area contributed by atoms with Gasteiger partial charge in [-0.3, -0.25) is 9.69 Å². The topological polar surface area (TPSA) is 64.1 Å². The van der Waals surface area contributed by atoms with Gasteiger partial charge in [-0.05, 0) is 89.6 Å². The number of nitrogens with zero attached hydrogens (tertiary/aromatic N) is 3. The molecular weight excluding hydrogens is 762 g/mol. The van der Waals surface area contributed by atoms with E-state index in [2.05, 4.69) is 103 Å². The fourth-order valence-electron chi connectivity index (χ4n) is 6.10. The van der Waals surface area contributed by atoms with Crippen LogP contribution in [0, 0.1) is 13.8 Å². The number of carbonyl (C=O) groups excluding carboxylic acids is 1. The van der Waals surface area contributed by atoms with Crippen molar-refractivity contribution in [3.63, 3.8) is 0 Å². The molecule has 4 aromatic carbocycles. The number of rotatable bonds is 14. The van der Waals surface area contributed by atoms with Gasteiger partial charge < -0.3 is 19.1 Å². The lowest BCUT2D eigenvalue weighted by Crippen LogP contribution is -2.47. The largest absolute Gasteiger partial charge is 0.493 e. The number of carbonyl (C=O) groups is 1. The van der Waals surface area contributed by atoms with Crippen LogP contribution in [0.1, 0.15) is 58.7 Å². The molecule has 0 aliphatic carbocycles. The first kappa shape index (κ1) is 40.6. The molecule has 0 bridgehead atoms. The van der Waals surface area contributed by atoms with Crippen LogP contribution in [0.25, 0.3) is 6.08 Å². The van der Waals surface area contributed by atoms with Crippen molar-refractivity contribution in [2.45, 2.75) is 53.2 Å². The van der Waals surface area contributed by atoms with Crippen LogP contribution in [0.2, 0.25) is 5.02 Å². The Bertz CT molecular complexity index is 1970. The zero-order valence-corrected chi connectivity index (χ0v) is 33.9. The van der Waals surface area contributed by atoms with E-state index >= 15 is 0 Å². The molecule has 0 radical (unpaired) electrons. The highest BCUT2D eigenvalue weighted by atomic mass is 79.9. The van der Waals surface area contributed by atoms with Gasteiger partial charge in [0.15, 0.2) is 0 Å². The van der Waals surface area contributed by atoms with Gasteiger partial charge in [0.2, 0.25) is 11.8 Å². The van der Waals surface area contributed by atoms with Crippen molar-refractivity contribution in [1.82, 2.24) is 14.8 Å². The maximum absolute atomic E-state index is 13.1. The Balaban J connectivity index is 0.00000561. The van der Waals surface area contributed by atoms with Gasteiger partial charge >= 0.3 is 0 Å². The van der Waals surface area contributed by atoms with Gasteiger partial charge in [-0.15, -0.1) is 17.0 Å². The summed E-state index contributed by atoms with van der Waals surface area (Å²) < 4.78 is 17.8. The van der Waals surface area contributed by atoms with E-state index in [0.29, 0.717) is 54.6 Å². The van der Waals surface area contributed by atoms with E-state index in [9.17, 15) is 4.79 Å². The highest BCUT2D eigenvalue weighted by Gasteiger charge is 2.20. The van der Waals surface area contributed by atoms with Crippen molar-refractivity contribution in [1.29, 1.82) is 0 Å². The highest BCUT2D eigenvalue weighted by Crippen LogP contribution is 2.32. The Morgan fingerprint density at radius 2 is 1.48 bits per heavy atom. The van der Waals surface area contributed by atoms with E-state index in [4.69, 9.17) is 25.8 Å². The molecule has 9 heteroatoms. The van der Waals surface area contributed by atoms with E-state index in [-0.39, 0.29) is 22.9 Å². The number of piperazine rings is 1. The summed E-state index contributed by atoms with van der Waals surface area (Å²) in [4.78, 5) is 21.8. The third-order valence-corrected chi connectivity index (χ3v) is 9.79. The minimum Gasteiger partial charge on any atom is -0.493 e. The molecule has 1 aromatic heterocycles. The minimum absolute atomic E-state index is 0. The van der Waals surface area contributed by atoms with Crippen LogP contribution in [-0.2, 0) is 24.4 Å². The molecular formula is C45H49BrClN3O4. The summed E-state index contributed by atoms with van der Waals surface area (Å²) >= 11 is 6.61. The molecule has 1 aliphatic rings. The lowest BCUT2D eigenvalue weighted by molar-refractivity contribution is -0.127. The minimum atomic E-state index is -0.00294. The average molecular weight is 811 g/mol. The number of benzene rings is 4. The van der Waals surface area contributed by atoms with E-state index < -0.39 is 0 Å². The predicted molar refractivity (Wildman–Crippen MR) is 223 cm³/mol. The standard InChI is InChI=1S/C45H48ClN3O4.BrH/c1-32(2)38-13-16-40(17-14-38)51-26-21-35-9-11-36(12-10-35)30-48-22-24-49(25-23-48)45(50)20-15-39-28-42(46)43(27-34(39)4)53-44-19-18-41(29-47-44)52-31-37-7-5-33(3)6-8-37;/h5-20,27-29,32H,21-26,30-31H2,1-4H3;1H. The Morgan fingerprint density at radius 3 is 2.15 bits per heavy atom. The van der Waals surface area contributed by atoms with Crippen LogP contribution < -0.4 is 14.2 Å². The molecule has 2 heterocycles. The van der Waals surface area contributed by atoms with E-state index in [1.165, 1.54) is 22.3 Å². The van der Waals surface area contributed by atoms with Gasteiger partial charge in [0, 0.05) is 51.3 Å². The van der Waals surface area contributed by atoms with Gasteiger partial charge in [0.25, 0.3) is 0 Å². The second-order valence-corrected chi connectivity index (χ2v) is 14.3. The molecule has 1 fully saturated rings. The van der Waals surface area contributed by atoms with Crippen molar-refractivity contribution >= 4 is 40.6 Å². The second-order valence-electron chi connectivity index (χ2n) is 13.9. The normalized spacial score (nSPS) is 13.2. The third-order valence-electron chi connectivity index (χ3n) is 9.50. The number of hydrogen-bond acceptors (Lipinski definition) is 6. The summed E-state index contributed by atoms with van der Waals surface area (Å²) in [6, 6.07) is 32.7. The average Bonchev–Trinajstić information content (AvgIpc) is 3.17. The van der Waals surface area contributed by atoms with Crippen molar-refractivity contribution < 1.29 is 19.0 Å². The maximum Gasteiger partial charge on any atom is 0.246 e. The van der Waals surface area contributed by atoms with Crippen LogP contribution in [0.3, 0.4) is 0 Å². The molecule has 54 heavy (non-hydrogen) atoms. The number of amides is 1. The number of ether oxygens (including phenoxy) is 3. The van der Waals surface area contributed by atoms with Gasteiger partial charge in [0.1, 0.15) is 23.9 Å². The molecule has 0 N–H and O–H groups in total. The summed E-state index contributed by atoms with van der Waals surface area (Å²) in [7, 11) is 0.